The van der Waals surface area contributed by atoms with Gasteiger partial charge in [0.2, 0.25) is 0 Å². The van der Waals surface area contributed by atoms with E-state index in [1.807, 2.05) is 35.0 Å². The highest BCUT2D eigenvalue weighted by Crippen LogP contribution is 2.30. The van der Waals surface area contributed by atoms with Crippen molar-refractivity contribution in [2.45, 2.75) is 33.7 Å². The van der Waals surface area contributed by atoms with Gasteiger partial charge in [-0.15, -0.1) is 0 Å². The molecule has 1 saturated heterocycles. The number of rotatable bonds is 7. The van der Waals surface area contributed by atoms with E-state index in [0.29, 0.717) is 5.92 Å². The Morgan fingerprint density at radius 1 is 0.914 bits per heavy atom. The summed E-state index contributed by atoms with van der Waals surface area (Å²) in [5.74, 6) is 3.29. The summed E-state index contributed by atoms with van der Waals surface area (Å²) in [6, 6.07) is 18.6. The zero-order valence-corrected chi connectivity index (χ0v) is 21.1. The van der Waals surface area contributed by atoms with Crippen LogP contribution in [0.4, 0.5) is 5.82 Å². The molecule has 4 aromatic rings. The number of benzene rings is 2. The molecule has 0 radical (unpaired) electrons. The maximum atomic E-state index is 5.29. The van der Waals surface area contributed by atoms with Gasteiger partial charge in [-0.25, -0.2) is 14.6 Å². The van der Waals surface area contributed by atoms with Gasteiger partial charge in [-0.2, -0.15) is 5.10 Å². The maximum absolute atomic E-state index is 5.29. The van der Waals surface area contributed by atoms with Gasteiger partial charge in [-0.05, 0) is 42.7 Å². The van der Waals surface area contributed by atoms with Crippen LogP contribution >= 0.6 is 0 Å². The molecule has 1 aliphatic heterocycles. The van der Waals surface area contributed by atoms with E-state index in [2.05, 4.69) is 54.8 Å². The molecule has 0 spiro atoms. The van der Waals surface area contributed by atoms with Gasteiger partial charge in [0.15, 0.2) is 5.65 Å². The molecule has 2 aromatic heterocycles. The zero-order valence-electron chi connectivity index (χ0n) is 21.1. The van der Waals surface area contributed by atoms with Crippen molar-refractivity contribution in [3.05, 3.63) is 71.7 Å². The summed E-state index contributed by atoms with van der Waals surface area (Å²) in [5, 5.41) is 5.95. The average molecular weight is 471 g/mol. The minimum absolute atomic E-state index is 0.482. The van der Waals surface area contributed by atoms with E-state index in [-0.39, 0.29) is 0 Å². The molecule has 35 heavy (non-hydrogen) atoms. The molecule has 1 aliphatic rings. The third-order valence-corrected chi connectivity index (χ3v) is 6.56. The Hall–Kier alpha value is -3.45. The van der Waals surface area contributed by atoms with Crippen LogP contribution in [0.25, 0.3) is 16.7 Å². The van der Waals surface area contributed by atoms with Gasteiger partial charge < -0.3 is 9.64 Å². The van der Waals surface area contributed by atoms with Crippen LogP contribution in [-0.2, 0) is 13.0 Å². The summed E-state index contributed by atoms with van der Waals surface area (Å²) in [5.41, 5.74) is 4.20. The van der Waals surface area contributed by atoms with E-state index in [0.717, 1.165) is 79.0 Å². The number of nitrogens with zero attached hydrogens (tertiary/aromatic N) is 6. The van der Waals surface area contributed by atoms with E-state index in [1.54, 1.807) is 7.11 Å². The minimum Gasteiger partial charge on any atom is -0.497 e. The Labute approximate surface area is 207 Å². The van der Waals surface area contributed by atoms with Crippen LogP contribution < -0.4 is 9.64 Å². The predicted molar refractivity (Wildman–Crippen MR) is 140 cm³/mol. The second-order valence-corrected chi connectivity index (χ2v) is 9.70. The van der Waals surface area contributed by atoms with Crippen molar-refractivity contribution in [1.29, 1.82) is 0 Å². The highest BCUT2D eigenvalue weighted by atomic mass is 16.5. The van der Waals surface area contributed by atoms with Crippen molar-refractivity contribution in [1.82, 2.24) is 24.6 Å². The molecule has 0 saturated carbocycles. The van der Waals surface area contributed by atoms with Crippen LogP contribution in [0.3, 0.4) is 0 Å². The Balaban J connectivity index is 1.42. The normalized spacial score (nSPS) is 14.7. The molecular formula is C28H34N6O. The number of piperazine rings is 1. The number of aromatic nitrogens is 4. The Morgan fingerprint density at radius 3 is 2.29 bits per heavy atom. The predicted octanol–water partition coefficient (Wildman–Crippen LogP) is 4.65. The van der Waals surface area contributed by atoms with E-state index >= 15 is 0 Å². The van der Waals surface area contributed by atoms with Crippen LogP contribution in [-0.4, -0.2) is 57.9 Å². The van der Waals surface area contributed by atoms with Gasteiger partial charge >= 0.3 is 0 Å². The molecule has 182 valence electrons. The van der Waals surface area contributed by atoms with Crippen molar-refractivity contribution >= 4 is 16.9 Å². The quantitative estimate of drug-likeness (QED) is 0.392. The lowest BCUT2D eigenvalue weighted by Crippen LogP contribution is -2.46. The number of fused-ring (bicyclic) bond motifs is 1. The minimum atomic E-state index is 0.482. The number of aryl methyl sites for hydroxylation is 1. The molecule has 0 aliphatic carbocycles. The first-order valence-electron chi connectivity index (χ1n) is 12.4. The third kappa shape index (κ3) is 5.00. The molecule has 0 atom stereocenters. The number of para-hydroxylation sites is 1. The Kier molecular flexibility index (Phi) is 6.68. The van der Waals surface area contributed by atoms with Gasteiger partial charge in [0.25, 0.3) is 0 Å². The van der Waals surface area contributed by atoms with Gasteiger partial charge in [0.1, 0.15) is 17.4 Å². The summed E-state index contributed by atoms with van der Waals surface area (Å²) in [4.78, 5) is 15.0. The van der Waals surface area contributed by atoms with Crippen molar-refractivity contribution in [3.63, 3.8) is 0 Å². The van der Waals surface area contributed by atoms with Crippen LogP contribution in [0.1, 0.15) is 30.9 Å². The van der Waals surface area contributed by atoms with Gasteiger partial charge in [-0.1, -0.05) is 44.2 Å². The monoisotopic (exact) mass is 470 g/mol. The lowest BCUT2D eigenvalue weighted by molar-refractivity contribution is 0.249. The first-order chi connectivity index (χ1) is 17.0. The fraction of sp³-hybridized carbons (Fsp3) is 0.393. The first-order valence-corrected chi connectivity index (χ1v) is 12.4. The molecule has 5 rings (SSSR count). The average Bonchev–Trinajstić information content (AvgIpc) is 3.21. The summed E-state index contributed by atoms with van der Waals surface area (Å²) in [6.45, 7) is 11.3. The van der Waals surface area contributed by atoms with E-state index in [1.165, 1.54) is 5.56 Å². The zero-order chi connectivity index (χ0) is 24.4. The van der Waals surface area contributed by atoms with Crippen molar-refractivity contribution in [2.75, 3.05) is 38.2 Å². The molecule has 3 heterocycles. The summed E-state index contributed by atoms with van der Waals surface area (Å²) >= 11 is 0. The van der Waals surface area contributed by atoms with Gasteiger partial charge in [0.05, 0.1) is 23.9 Å². The number of methoxy groups -OCH3 is 1. The standard InChI is InChI=1S/C28H34N6O/c1-20(2)18-25-29-27(26-21(3)31-34(28(26)30-25)23-8-6-5-7-9-23)33-16-14-32(15-17-33)19-22-10-12-24(35-4)13-11-22/h5-13,20H,14-19H2,1-4H3. The van der Waals surface area contributed by atoms with Crippen LogP contribution in [0.15, 0.2) is 54.6 Å². The molecule has 7 nitrogen and oxygen atoms in total. The molecule has 0 N–H and O–H groups in total. The van der Waals surface area contributed by atoms with E-state index < -0.39 is 0 Å². The lowest BCUT2D eigenvalue weighted by atomic mass is 10.1. The highest BCUT2D eigenvalue weighted by Gasteiger charge is 2.25. The van der Waals surface area contributed by atoms with Crippen molar-refractivity contribution < 1.29 is 4.74 Å². The number of ether oxygens (including phenoxy) is 1. The summed E-state index contributed by atoms with van der Waals surface area (Å²) in [6.07, 6.45) is 0.847. The molecule has 0 amide bonds. The second kappa shape index (κ2) is 10.0. The second-order valence-electron chi connectivity index (χ2n) is 9.70. The van der Waals surface area contributed by atoms with Crippen LogP contribution in [0.5, 0.6) is 5.75 Å². The topological polar surface area (TPSA) is 59.3 Å². The molecule has 0 bridgehead atoms. The van der Waals surface area contributed by atoms with E-state index in [4.69, 9.17) is 19.8 Å². The smallest absolute Gasteiger partial charge is 0.168 e. The van der Waals surface area contributed by atoms with Crippen LogP contribution in [0, 0.1) is 12.8 Å². The molecule has 7 heteroatoms. The Morgan fingerprint density at radius 2 is 1.63 bits per heavy atom. The molecule has 1 fully saturated rings. The summed E-state index contributed by atoms with van der Waals surface area (Å²) < 4.78 is 7.26. The number of hydrogen-bond acceptors (Lipinski definition) is 6. The first kappa shape index (κ1) is 23.3. The van der Waals surface area contributed by atoms with E-state index in [9.17, 15) is 0 Å². The SMILES string of the molecule is COc1ccc(CN2CCN(c3nc(CC(C)C)nc4c3c(C)nn4-c3ccccc3)CC2)cc1. The molecular weight excluding hydrogens is 436 g/mol. The third-order valence-electron chi connectivity index (χ3n) is 6.56. The van der Waals surface area contributed by atoms with Gasteiger partial charge in [-0.3, -0.25) is 4.90 Å². The summed E-state index contributed by atoms with van der Waals surface area (Å²) in [7, 11) is 1.70. The van der Waals surface area contributed by atoms with Crippen molar-refractivity contribution in [3.8, 4) is 11.4 Å². The largest absolute Gasteiger partial charge is 0.497 e. The molecule has 0 unspecified atom stereocenters. The molecule has 2 aromatic carbocycles. The fourth-order valence-corrected chi connectivity index (χ4v) is 4.75. The Bertz CT molecular complexity index is 1270. The van der Waals surface area contributed by atoms with Crippen molar-refractivity contribution in [2.24, 2.45) is 5.92 Å². The lowest BCUT2D eigenvalue weighted by Gasteiger charge is -2.35. The van der Waals surface area contributed by atoms with Gasteiger partial charge in [0, 0.05) is 39.1 Å². The maximum Gasteiger partial charge on any atom is 0.168 e. The highest BCUT2D eigenvalue weighted by molar-refractivity contribution is 5.91. The van der Waals surface area contributed by atoms with Crippen LogP contribution in [0.2, 0.25) is 0 Å². The fourth-order valence-electron chi connectivity index (χ4n) is 4.75. The number of anilines is 1. The number of hydrogen-bond donors (Lipinski definition) is 0.